The molecule has 7 heteroatoms. The van der Waals surface area contributed by atoms with Gasteiger partial charge < -0.3 is 10.2 Å². The summed E-state index contributed by atoms with van der Waals surface area (Å²) in [5.41, 5.74) is 3.41. The third-order valence-corrected chi connectivity index (χ3v) is 7.13. The molecule has 1 N–H and O–H groups in total. The molecule has 0 radical (unpaired) electrons. The zero-order valence-electron chi connectivity index (χ0n) is 20.7. The molecule has 1 unspecified atom stereocenters. The molecule has 3 rings (SSSR count). The molecule has 0 aromatic heterocycles. The number of rotatable bonds is 12. The smallest absolute Gasteiger partial charge is 0.243 e. The predicted octanol–water partition coefficient (Wildman–Crippen LogP) is 6.19. The van der Waals surface area contributed by atoms with Gasteiger partial charge in [-0.05, 0) is 36.6 Å². The lowest BCUT2D eigenvalue weighted by Gasteiger charge is -2.31. The normalized spacial score (nSPS) is 11.7. The lowest BCUT2D eigenvalue weighted by molar-refractivity contribution is -0.139. The highest BCUT2D eigenvalue weighted by Crippen LogP contribution is 2.25. The highest BCUT2D eigenvalue weighted by molar-refractivity contribution is 7.99. The first kappa shape index (κ1) is 27.8. The quantitative estimate of drug-likeness (QED) is 0.306. The molecule has 0 saturated heterocycles. The van der Waals surface area contributed by atoms with E-state index in [1.54, 1.807) is 17.0 Å². The molecular formula is C29H32ClFN2O2S. The van der Waals surface area contributed by atoms with Crippen LogP contribution in [0, 0.1) is 12.7 Å². The Kier molecular flexibility index (Phi) is 10.8. The van der Waals surface area contributed by atoms with Crippen molar-refractivity contribution in [2.75, 3.05) is 12.3 Å². The number of hydrogen-bond donors (Lipinski definition) is 1. The van der Waals surface area contributed by atoms with Gasteiger partial charge in [0.25, 0.3) is 0 Å². The minimum atomic E-state index is -0.676. The topological polar surface area (TPSA) is 49.4 Å². The largest absolute Gasteiger partial charge is 0.354 e. The fraction of sp³-hybridized carbons (Fsp3) is 0.310. The summed E-state index contributed by atoms with van der Waals surface area (Å²) in [4.78, 5) is 28.5. The Morgan fingerprint density at radius 2 is 1.72 bits per heavy atom. The average molecular weight is 527 g/mol. The maximum absolute atomic E-state index is 14.2. The first-order valence-electron chi connectivity index (χ1n) is 12.1. The number of nitrogens with zero attached hydrogens (tertiary/aromatic N) is 1. The van der Waals surface area contributed by atoms with E-state index in [1.807, 2.05) is 68.4 Å². The molecule has 0 aliphatic carbocycles. The summed E-state index contributed by atoms with van der Waals surface area (Å²) < 4.78 is 14.2. The van der Waals surface area contributed by atoms with E-state index in [1.165, 1.54) is 17.8 Å². The van der Waals surface area contributed by atoms with Gasteiger partial charge in [0.1, 0.15) is 11.9 Å². The van der Waals surface area contributed by atoms with Crippen molar-refractivity contribution in [1.82, 2.24) is 10.2 Å². The summed E-state index contributed by atoms with van der Waals surface area (Å²) in [7, 11) is 0. The van der Waals surface area contributed by atoms with Crippen LogP contribution in [0.4, 0.5) is 4.39 Å². The first-order valence-corrected chi connectivity index (χ1v) is 13.6. The van der Waals surface area contributed by atoms with Crippen LogP contribution in [-0.2, 0) is 28.3 Å². The number of thioether (sulfide) groups is 1. The number of aryl methyl sites for hydroxylation is 1. The molecule has 1 atom stereocenters. The zero-order valence-corrected chi connectivity index (χ0v) is 22.2. The van der Waals surface area contributed by atoms with Crippen LogP contribution in [0.25, 0.3) is 0 Å². The molecule has 0 aliphatic heterocycles. The molecule has 0 fully saturated rings. The highest BCUT2D eigenvalue weighted by atomic mass is 35.5. The third-order valence-electron chi connectivity index (χ3n) is 5.83. The van der Waals surface area contributed by atoms with Crippen LogP contribution in [0.2, 0.25) is 5.02 Å². The van der Waals surface area contributed by atoms with Crippen molar-refractivity contribution >= 4 is 35.2 Å². The Morgan fingerprint density at radius 1 is 1.00 bits per heavy atom. The van der Waals surface area contributed by atoms with Gasteiger partial charge >= 0.3 is 0 Å². The molecule has 0 bridgehead atoms. The minimum Gasteiger partial charge on any atom is -0.354 e. The summed E-state index contributed by atoms with van der Waals surface area (Å²) in [5, 5.41) is 3.31. The lowest BCUT2D eigenvalue weighted by Crippen LogP contribution is -2.51. The highest BCUT2D eigenvalue weighted by Gasteiger charge is 2.30. The van der Waals surface area contributed by atoms with Crippen molar-refractivity contribution in [1.29, 1.82) is 0 Å². The predicted molar refractivity (Wildman–Crippen MR) is 147 cm³/mol. The van der Waals surface area contributed by atoms with Gasteiger partial charge in [-0.15, -0.1) is 11.8 Å². The SMILES string of the molecule is CCCNC(=O)C(Cc1ccccc1)N(Cc1ccc(C)cc1)C(=O)CSCc1c(F)cccc1Cl. The molecular weight excluding hydrogens is 495 g/mol. The van der Waals surface area contributed by atoms with E-state index >= 15 is 0 Å². The molecule has 0 heterocycles. The fourth-order valence-electron chi connectivity index (χ4n) is 3.80. The third kappa shape index (κ3) is 8.10. The number of halogens is 2. The van der Waals surface area contributed by atoms with Crippen molar-refractivity contribution in [2.45, 2.75) is 45.0 Å². The van der Waals surface area contributed by atoms with Crippen LogP contribution in [-0.4, -0.2) is 35.1 Å². The van der Waals surface area contributed by atoms with Gasteiger partial charge in [-0.3, -0.25) is 9.59 Å². The summed E-state index contributed by atoms with van der Waals surface area (Å²) in [6.07, 6.45) is 1.20. The Hall–Kier alpha value is -2.83. The second kappa shape index (κ2) is 14.0. The Labute approximate surface area is 222 Å². The molecule has 3 aromatic rings. The standard InChI is InChI=1S/C29H32ClFN2O2S/c1-3-16-32-29(35)27(17-22-8-5-4-6-9-22)33(18-23-14-12-21(2)13-15-23)28(34)20-36-19-24-25(30)10-7-11-26(24)31/h4-15,27H,3,16-20H2,1-2H3,(H,32,35). The van der Waals surface area contributed by atoms with Crippen molar-refractivity contribution in [3.05, 3.63) is 106 Å². The van der Waals surface area contributed by atoms with E-state index < -0.39 is 6.04 Å². The Bertz CT molecular complexity index is 1120. The molecule has 190 valence electrons. The summed E-state index contributed by atoms with van der Waals surface area (Å²) >= 11 is 7.45. The van der Waals surface area contributed by atoms with Crippen molar-refractivity contribution in [3.63, 3.8) is 0 Å². The van der Waals surface area contributed by atoms with E-state index in [-0.39, 0.29) is 29.1 Å². The summed E-state index contributed by atoms with van der Waals surface area (Å²) in [5.74, 6) is -0.382. The summed E-state index contributed by atoms with van der Waals surface area (Å²) in [6.45, 7) is 4.84. The number of carbonyl (C=O) groups excluding carboxylic acids is 2. The van der Waals surface area contributed by atoms with E-state index in [4.69, 9.17) is 11.6 Å². The molecule has 0 spiro atoms. The van der Waals surface area contributed by atoms with Crippen LogP contribution in [0.5, 0.6) is 0 Å². The number of hydrogen-bond acceptors (Lipinski definition) is 3. The molecule has 0 aliphatic rings. The minimum absolute atomic E-state index is 0.100. The van der Waals surface area contributed by atoms with Gasteiger partial charge in [0, 0.05) is 35.8 Å². The van der Waals surface area contributed by atoms with E-state index in [0.29, 0.717) is 30.1 Å². The Balaban J connectivity index is 1.84. The van der Waals surface area contributed by atoms with Crippen LogP contribution in [0.15, 0.2) is 72.8 Å². The van der Waals surface area contributed by atoms with Gasteiger partial charge in [0.15, 0.2) is 0 Å². The van der Waals surface area contributed by atoms with Crippen molar-refractivity contribution < 1.29 is 14.0 Å². The molecule has 36 heavy (non-hydrogen) atoms. The van der Waals surface area contributed by atoms with Crippen LogP contribution >= 0.6 is 23.4 Å². The number of carbonyl (C=O) groups is 2. The van der Waals surface area contributed by atoms with E-state index in [0.717, 1.165) is 23.1 Å². The van der Waals surface area contributed by atoms with E-state index in [9.17, 15) is 14.0 Å². The van der Waals surface area contributed by atoms with Crippen LogP contribution in [0.1, 0.15) is 35.6 Å². The van der Waals surface area contributed by atoms with Crippen molar-refractivity contribution in [3.8, 4) is 0 Å². The monoisotopic (exact) mass is 526 g/mol. The second-order valence-corrected chi connectivity index (χ2v) is 10.1. The number of nitrogens with one attached hydrogen (secondary N) is 1. The molecule has 2 amide bonds. The second-order valence-electron chi connectivity index (χ2n) is 8.70. The number of benzene rings is 3. The van der Waals surface area contributed by atoms with Crippen LogP contribution < -0.4 is 5.32 Å². The lowest BCUT2D eigenvalue weighted by atomic mass is 10.0. The van der Waals surface area contributed by atoms with E-state index in [2.05, 4.69) is 5.32 Å². The number of amides is 2. The maximum Gasteiger partial charge on any atom is 0.243 e. The van der Waals surface area contributed by atoms with Gasteiger partial charge in [-0.2, -0.15) is 0 Å². The maximum atomic E-state index is 14.2. The van der Waals surface area contributed by atoms with Crippen LogP contribution in [0.3, 0.4) is 0 Å². The zero-order chi connectivity index (χ0) is 25.9. The molecule has 3 aromatic carbocycles. The van der Waals surface area contributed by atoms with Gasteiger partial charge in [0.05, 0.1) is 5.75 Å². The average Bonchev–Trinajstić information content (AvgIpc) is 2.88. The molecule has 4 nitrogen and oxygen atoms in total. The first-order chi connectivity index (χ1) is 17.4. The molecule has 0 saturated carbocycles. The Morgan fingerprint density at radius 3 is 2.39 bits per heavy atom. The fourth-order valence-corrected chi connectivity index (χ4v) is 5.05. The van der Waals surface area contributed by atoms with Crippen molar-refractivity contribution in [2.24, 2.45) is 0 Å². The van der Waals surface area contributed by atoms with Gasteiger partial charge in [-0.1, -0.05) is 84.8 Å². The van der Waals surface area contributed by atoms with Gasteiger partial charge in [-0.25, -0.2) is 4.39 Å². The summed E-state index contributed by atoms with van der Waals surface area (Å²) in [6, 6.07) is 21.5. The van der Waals surface area contributed by atoms with Gasteiger partial charge in [0.2, 0.25) is 11.8 Å².